The number of aryl methyl sites for hydroxylation is 1. The van der Waals surface area contributed by atoms with E-state index >= 15 is 0 Å². The van der Waals surface area contributed by atoms with Gasteiger partial charge in [-0.15, -0.1) is 0 Å². The van der Waals surface area contributed by atoms with Gasteiger partial charge >= 0.3 is 5.97 Å². The summed E-state index contributed by atoms with van der Waals surface area (Å²) in [6, 6.07) is 15.1. The first-order valence-electron chi connectivity index (χ1n) is 10.1. The number of carbonyl (C=O) groups excluding carboxylic acids is 1. The van der Waals surface area contributed by atoms with E-state index in [1.807, 2.05) is 28.3 Å². The van der Waals surface area contributed by atoms with Crippen molar-refractivity contribution in [2.45, 2.75) is 12.5 Å². The molecule has 0 spiro atoms. The van der Waals surface area contributed by atoms with Crippen LogP contribution in [-0.2, 0) is 18.3 Å². The molecule has 1 atom stereocenters. The molecule has 34 heavy (non-hydrogen) atoms. The zero-order valence-corrected chi connectivity index (χ0v) is 20.1. The van der Waals surface area contributed by atoms with E-state index in [1.54, 1.807) is 30.3 Å². The number of nitrogens with one attached hydrogen (secondary N) is 1. The fourth-order valence-corrected chi connectivity index (χ4v) is 4.54. The minimum absolute atomic E-state index is 0.0187. The normalized spacial score (nSPS) is 12.0. The van der Waals surface area contributed by atoms with Crippen LogP contribution < -0.4 is 5.32 Å². The summed E-state index contributed by atoms with van der Waals surface area (Å²) >= 11 is 17.9. The number of fused-ring (bicyclic) bond motifs is 1. The van der Waals surface area contributed by atoms with Crippen LogP contribution in [0.2, 0.25) is 10.0 Å². The summed E-state index contributed by atoms with van der Waals surface area (Å²) in [5.41, 5.74) is 2.65. The third-order valence-corrected chi connectivity index (χ3v) is 6.53. The van der Waals surface area contributed by atoms with Crippen LogP contribution in [0.25, 0.3) is 16.7 Å². The van der Waals surface area contributed by atoms with Gasteiger partial charge in [-0.2, -0.15) is 0 Å². The fourth-order valence-electron chi connectivity index (χ4n) is 3.75. The molecule has 0 aliphatic carbocycles. The zero-order chi connectivity index (χ0) is 24.6. The van der Waals surface area contributed by atoms with Crippen molar-refractivity contribution in [3.05, 3.63) is 92.4 Å². The van der Waals surface area contributed by atoms with E-state index in [-0.39, 0.29) is 11.4 Å². The van der Waals surface area contributed by atoms with Crippen LogP contribution in [-0.4, -0.2) is 32.2 Å². The third-order valence-electron chi connectivity index (χ3n) is 5.46. The van der Waals surface area contributed by atoms with Crippen molar-refractivity contribution < 1.29 is 19.1 Å². The highest BCUT2D eigenvalue weighted by Gasteiger charge is 2.24. The molecule has 0 unspecified atom stereocenters. The minimum atomic E-state index is -1.29. The Kier molecular flexibility index (Phi) is 6.74. The predicted octanol–water partition coefficient (Wildman–Crippen LogP) is 5.57. The van der Waals surface area contributed by atoms with E-state index < -0.39 is 29.3 Å². The average molecular weight is 518 g/mol. The Bertz CT molecular complexity index is 1460. The van der Waals surface area contributed by atoms with Crippen LogP contribution in [0.15, 0.2) is 60.7 Å². The second-order valence-corrected chi connectivity index (χ2v) is 8.80. The van der Waals surface area contributed by atoms with Crippen molar-refractivity contribution in [2.24, 2.45) is 7.05 Å². The van der Waals surface area contributed by atoms with Gasteiger partial charge in [0.2, 0.25) is 0 Å². The van der Waals surface area contributed by atoms with Crippen LogP contribution in [0, 0.1) is 10.6 Å². The van der Waals surface area contributed by atoms with Crippen LogP contribution in [0.5, 0.6) is 0 Å². The predicted molar refractivity (Wildman–Crippen MR) is 132 cm³/mol. The maximum Gasteiger partial charge on any atom is 0.326 e. The second kappa shape index (κ2) is 9.58. The summed E-state index contributed by atoms with van der Waals surface area (Å²) in [6.07, 6.45) is -0.0187. The first-order valence-corrected chi connectivity index (χ1v) is 11.3. The number of halogens is 3. The number of carbonyl (C=O) groups is 2. The Morgan fingerprint density at radius 1 is 1.06 bits per heavy atom. The van der Waals surface area contributed by atoms with E-state index in [1.165, 1.54) is 12.1 Å². The minimum Gasteiger partial charge on any atom is -0.480 e. The molecule has 2 N–H and O–H groups in total. The summed E-state index contributed by atoms with van der Waals surface area (Å²) in [6.45, 7) is 0. The number of carboxylic acid groups (broad SMARTS) is 1. The fraction of sp³-hybridized carbons (Fsp3) is 0.125. The molecule has 0 aliphatic rings. The van der Waals surface area contributed by atoms with Crippen LogP contribution in [0.4, 0.5) is 4.39 Å². The van der Waals surface area contributed by atoms with Gasteiger partial charge in [0.15, 0.2) is 4.77 Å². The van der Waals surface area contributed by atoms with Crippen LogP contribution >= 0.6 is 35.4 Å². The number of hydrogen-bond acceptors (Lipinski definition) is 3. The van der Waals surface area contributed by atoms with Crippen LogP contribution in [0.1, 0.15) is 15.9 Å². The molecular weight excluding hydrogens is 500 g/mol. The number of para-hydroxylation sites is 1. The molecule has 1 aromatic heterocycles. The van der Waals surface area contributed by atoms with Gasteiger partial charge < -0.3 is 15.0 Å². The van der Waals surface area contributed by atoms with Gasteiger partial charge in [0.25, 0.3) is 5.91 Å². The standard InChI is InChI=1S/C24H18Cl2FN3O3S/c1-29-19-7-3-5-16(26)21(19)30(24(29)34)14-10-8-13(9-11-14)12-18(23(32)33)28-22(31)20-15(25)4-2-6-17(20)27/h2-11,18H,12H2,1H3,(H,28,31)(H,32,33)/t18-/m0/s1. The number of aliphatic carboxylic acids is 1. The molecule has 0 saturated carbocycles. The molecule has 10 heteroatoms. The number of hydrogen-bond donors (Lipinski definition) is 2. The van der Waals surface area contributed by atoms with Crippen molar-refractivity contribution in [3.63, 3.8) is 0 Å². The van der Waals surface area contributed by atoms with Gasteiger partial charge in [-0.05, 0) is 54.2 Å². The number of carboxylic acids is 1. The topological polar surface area (TPSA) is 76.3 Å². The summed E-state index contributed by atoms with van der Waals surface area (Å²) in [7, 11) is 1.85. The van der Waals surface area contributed by atoms with Crippen molar-refractivity contribution in [3.8, 4) is 5.69 Å². The molecule has 3 aromatic carbocycles. The Labute approximate surface area is 209 Å². The van der Waals surface area contributed by atoms with E-state index in [0.29, 0.717) is 15.4 Å². The number of benzene rings is 3. The van der Waals surface area contributed by atoms with Crippen molar-refractivity contribution in [2.75, 3.05) is 0 Å². The summed E-state index contributed by atoms with van der Waals surface area (Å²) in [5, 5.41) is 12.4. The van der Waals surface area contributed by atoms with Gasteiger partial charge in [0, 0.05) is 19.2 Å². The Morgan fingerprint density at radius 2 is 1.71 bits per heavy atom. The smallest absolute Gasteiger partial charge is 0.326 e. The Morgan fingerprint density at radius 3 is 2.35 bits per heavy atom. The molecule has 1 heterocycles. The lowest BCUT2D eigenvalue weighted by Gasteiger charge is -2.16. The lowest BCUT2D eigenvalue weighted by Crippen LogP contribution is -2.42. The maximum atomic E-state index is 14.0. The summed E-state index contributed by atoms with van der Waals surface area (Å²) in [4.78, 5) is 24.3. The molecule has 0 radical (unpaired) electrons. The molecule has 4 aromatic rings. The third kappa shape index (κ3) is 4.44. The maximum absolute atomic E-state index is 14.0. The second-order valence-electron chi connectivity index (χ2n) is 7.62. The Hall–Kier alpha value is -3.20. The molecule has 1 amide bonds. The van der Waals surface area contributed by atoms with Gasteiger partial charge in [-0.3, -0.25) is 9.36 Å². The van der Waals surface area contributed by atoms with Gasteiger partial charge in [-0.25, -0.2) is 9.18 Å². The number of aromatic nitrogens is 2. The summed E-state index contributed by atoms with van der Waals surface area (Å²) < 4.78 is 18.3. The van der Waals surface area contributed by atoms with Crippen molar-refractivity contribution >= 4 is 58.3 Å². The highest BCUT2D eigenvalue weighted by molar-refractivity contribution is 7.71. The molecule has 0 bridgehead atoms. The molecular formula is C24H18Cl2FN3O3S. The largest absolute Gasteiger partial charge is 0.480 e. The Balaban J connectivity index is 1.60. The lowest BCUT2D eigenvalue weighted by molar-refractivity contribution is -0.139. The number of amides is 1. The van der Waals surface area contributed by atoms with Gasteiger partial charge in [-0.1, -0.05) is 47.5 Å². The van der Waals surface area contributed by atoms with E-state index in [2.05, 4.69) is 5.32 Å². The highest BCUT2D eigenvalue weighted by atomic mass is 35.5. The monoisotopic (exact) mass is 517 g/mol. The molecule has 0 aliphatic heterocycles. The highest BCUT2D eigenvalue weighted by Crippen LogP contribution is 2.28. The average Bonchev–Trinajstić information content (AvgIpc) is 3.05. The van der Waals surface area contributed by atoms with Gasteiger partial charge in [0.05, 0.1) is 26.6 Å². The molecule has 174 valence electrons. The summed E-state index contributed by atoms with van der Waals surface area (Å²) in [5.74, 6) is -2.99. The van der Waals surface area contributed by atoms with E-state index in [4.69, 9.17) is 35.4 Å². The first-order chi connectivity index (χ1) is 16.2. The number of nitrogens with zero attached hydrogens (tertiary/aromatic N) is 2. The lowest BCUT2D eigenvalue weighted by atomic mass is 10.0. The van der Waals surface area contributed by atoms with Gasteiger partial charge in [0.1, 0.15) is 11.9 Å². The van der Waals surface area contributed by atoms with E-state index in [0.717, 1.165) is 22.8 Å². The SMILES string of the molecule is Cn1c(=S)n(-c2ccc(C[C@H](NC(=O)c3c(F)cccc3Cl)C(=O)O)cc2)c2c(Cl)cccc21. The van der Waals surface area contributed by atoms with Crippen molar-refractivity contribution in [1.82, 2.24) is 14.5 Å². The molecule has 0 saturated heterocycles. The number of imidazole rings is 1. The molecule has 6 nitrogen and oxygen atoms in total. The molecule has 4 rings (SSSR count). The quantitative estimate of drug-likeness (QED) is 0.328. The van der Waals surface area contributed by atoms with E-state index in [9.17, 15) is 19.1 Å². The van der Waals surface area contributed by atoms with Crippen molar-refractivity contribution in [1.29, 1.82) is 0 Å². The first kappa shape index (κ1) is 23.9. The van der Waals surface area contributed by atoms with Crippen LogP contribution in [0.3, 0.4) is 0 Å². The number of rotatable bonds is 6. The zero-order valence-electron chi connectivity index (χ0n) is 17.8. The molecule has 0 fully saturated rings.